The molecule has 2 saturated carbocycles. The van der Waals surface area contributed by atoms with Crippen molar-refractivity contribution in [3.63, 3.8) is 0 Å². The van der Waals surface area contributed by atoms with Crippen molar-refractivity contribution in [3.8, 4) is 0 Å². The molecular weight excluding hydrogens is 324 g/mol. The van der Waals surface area contributed by atoms with Gasteiger partial charge in [-0.25, -0.2) is 0 Å². The molecule has 0 amide bonds. The van der Waals surface area contributed by atoms with E-state index in [0.717, 1.165) is 0 Å². The van der Waals surface area contributed by atoms with Crippen LogP contribution in [-0.4, -0.2) is 92.4 Å². The van der Waals surface area contributed by atoms with Crippen LogP contribution in [0.25, 0.3) is 0 Å². The fourth-order valence-electron chi connectivity index (χ4n) is 4.24. The van der Waals surface area contributed by atoms with Gasteiger partial charge in [-0.3, -0.25) is 0 Å². The van der Waals surface area contributed by atoms with Crippen molar-refractivity contribution in [2.45, 2.75) is 55.1 Å². The monoisotopic (exact) mass is 346 g/mol. The van der Waals surface area contributed by atoms with Crippen LogP contribution < -0.4 is 0 Å². The third-order valence-electron chi connectivity index (χ3n) is 5.69. The highest BCUT2D eigenvalue weighted by Crippen LogP contribution is 2.51. The van der Waals surface area contributed by atoms with Gasteiger partial charge in [0.1, 0.15) is 24.4 Å². The topological polar surface area (TPSA) is 152 Å². The molecule has 0 radical (unpaired) electrons. The Morgan fingerprint density at radius 1 is 0.875 bits per heavy atom. The van der Waals surface area contributed by atoms with Gasteiger partial charge in [0.15, 0.2) is 0 Å². The van der Waals surface area contributed by atoms with E-state index in [4.69, 9.17) is 14.2 Å². The smallest absolute Gasteiger partial charge is 0.205 e. The Balaban J connectivity index is 1.54. The lowest BCUT2D eigenvalue weighted by Gasteiger charge is -2.45. The Hall–Kier alpha value is -0.780. The number of aliphatic hydroxyl groups excluding tert-OH is 6. The summed E-state index contributed by atoms with van der Waals surface area (Å²) in [5.41, 5.74) is 0. The van der Waals surface area contributed by atoms with Crippen LogP contribution in [0.4, 0.5) is 0 Å². The normalized spacial score (nSPS) is 58.8. The van der Waals surface area contributed by atoms with Crippen LogP contribution in [0.5, 0.6) is 0 Å². The molecule has 24 heavy (non-hydrogen) atoms. The second kappa shape index (κ2) is 5.89. The largest absolute Gasteiger partial charge is 0.472 e. The highest BCUT2D eigenvalue weighted by molar-refractivity contribution is 5.16. The fourth-order valence-corrected chi connectivity index (χ4v) is 4.24. The summed E-state index contributed by atoms with van der Waals surface area (Å²) in [6.07, 6.45) is -6.15. The summed E-state index contributed by atoms with van der Waals surface area (Å²) in [5, 5.41) is 59.5. The number of hydrogen-bond donors (Lipinski definition) is 6. The van der Waals surface area contributed by atoms with Gasteiger partial charge in [-0.2, -0.15) is 0 Å². The standard InChI is InChI=1S/C15H22O9/c16-3-5-7(17)9(19)10(20)11(21)12(5)24-15-6-4(1-2-22-15)8(18)14-13(6)23-14/h1-2,4-21H,3H2. The van der Waals surface area contributed by atoms with Gasteiger partial charge in [0.25, 0.3) is 0 Å². The van der Waals surface area contributed by atoms with Crippen molar-refractivity contribution in [2.75, 3.05) is 6.61 Å². The first-order valence-electron chi connectivity index (χ1n) is 8.10. The van der Waals surface area contributed by atoms with Crippen LogP contribution in [0.15, 0.2) is 12.3 Å². The molecule has 4 rings (SSSR count). The first-order valence-corrected chi connectivity index (χ1v) is 8.10. The number of ether oxygens (including phenoxy) is 3. The Labute approximate surface area is 137 Å². The minimum absolute atomic E-state index is 0.207. The Morgan fingerprint density at radius 2 is 1.58 bits per heavy atom. The van der Waals surface area contributed by atoms with E-state index in [1.54, 1.807) is 6.08 Å². The van der Waals surface area contributed by atoms with Crippen molar-refractivity contribution >= 4 is 0 Å². The first-order chi connectivity index (χ1) is 11.5. The number of hydrogen-bond acceptors (Lipinski definition) is 9. The number of rotatable bonds is 3. The molecule has 0 aromatic rings. The number of epoxide rings is 1. The molecule has 9 nitrogen and oxygen atoms in total. The second-order valence-corrected chi connectivity index (χ2v) is 6.95. The van der Waals surface area contributed by atoms with Gasteiger partial charge in [-0.1, -0.05) is 0 Å². The van der Waals surface area contributed by atoms with E-state index in [0.29, 0.717) is 0 Å². The van der Waals surface area contributed by atoms with E-state index in [1.807, 2.05) is 0 Å². The van der Waals surface area contributed by atoms with Crippen LogP contribution in [-0.2, 0) is 14.2 Å². The van der Waals surface area contributed by atoms with Crippen molar-refractivity contribution in [1.82, 2.24) is 0 Å². The predicted molar refractivity (Wildman–Crippen MR) is 75.1 cm³/mol. The highest BCUT2D eigenvalue weighted by atomic mass is 16.7. The maximum atomic E-state index is 10.2. The van der Waals surface area contributed by atoms with E-state index < -0.39 is 55.4 Å². The molecule has 136 valence electrons. The lowest BCUT2D eigenvalue weighted by molar-refractivity contribution is -0.274. The van der Waals surface area contributed by atoms with Crippen LogP contribution in [0.1, 0.15) is 0 Å². The van der Waals surface area contributed by atoms with Crippen LogP contribution >= 0.6 is 0 Å². The zero-order valence-corrected chi connectivity index (χ0v) is 12.7. The highest BCUT2D eigenvalue weighted by Gasteiger charge is 2.65. The molecule has 9 heteroatoms. The van der Waals surface area contributed by atoms with Gasteiger partial charge < -0.3 is 44.8 Å². The molecule has 0 aromatic carbocycles. The molecule has 0 aromatic heterocycles. The van der Waals surface area contributed by atoms with Crippen LogP contribution in [0.2, 0.25) is 0 Å². The van der Waals surface area contributed by atoms with Gasteiger partial charge in [-0.05, 0) is 6.08 Å². The van der Waals surface area contributed by atoms with E-state index in [9.17, 15) is 30.6 Å². The van der Waals surface area contributed by atoms with E-state index >= 15 is 0 Å². The summed E-state index contributed by atoms with van der Waals surface area (Å²) in [4.78, 5) is 0. The number of fused-ring (bicyclic) bond motifs is 3. The van der Waals surface area contributed by atoms with Crippen LogP contribution in [0, 0.1) is 17.8 Å². The Morgan fingerprint density at radius 3 is 2.29 bits per heavy atom. The minimum Gasteiger partial charge on any atom is -0.472 e. The quantitative estimate of drug-likeness (QED) is 0.288. The van der Waals surface area contributed by atoms with Gasteiger partial charge in [0.2, 0.25) is 6.29 Å². The van der Waals surface area contributed by atoms with Gasteiger partial charge in [0, 0.05) is 11.8 Å². The molecule has 0 spiro atoms. The van der Waals surface area contributed by atoms with E-state index in [2.05, 4.69) is 0 Å². The molecule has 2 aliphatic heterocycles. The molecule has 4 aliphatic rings. The molecule has 0 bridgehead atoms. The van der Waals surface area contributed by atoms with Gasteiger partial charge in [-0.15, -0.1) is 0 Å². The van der Waals surface area contributed by atoms with Crippen molar-refractivity contribution in [3.05, 3.63) is 12.3 Å². The summed E-state index contributed by atoms with van der Waals surface area (Å²) in [6, 6.07) is 0. The zero-order chi connectivity index (χ0) is 17.2. The Bertz CT molecular complexity index is 513. The summed E-state index contributed by atoms with van der Waals surface area (Å²) in [7, 11) is 0. The maximum Gasteiger partial charge on any atom is 0.205 e. The minimum atomic E-state index is -1.61. The molecule has 12 unspecified atom stereocenters. The summed E-state index contributed by atoms with van der Waals surface area (Å²) >= 11 is 0. The molecule has 2 heterocycles. The first kappa shape index (κ1) is 16.7. The summed E-state index contributed by atoms with van der Waals surface area (Å²) in [5.74, 6) is -1.49. The van der Waals surface area contributed by atoms with Gasteiger partial charge >= 0.3 is 0 Å². The summed E-state index contributed by atoms with van der Waals surface area (Å²) < 4.78 is 16.7. The van der Waals surface area contributed by atoms with E-state index in [1.165, 1.54) is 6.26 Å². The lowest BCUT2D eigenvalue weighted by atomic mass is 9.78. The SMILES string of the molecule is OCC1C(O)C(O)C(O)C(O)C1OC1OC=CC2C(O)C3OC3C12. The third-order valence-corrected chi connectivity index (χ3v) is 5.69. The fraction of sp³-hybridized carbons (Fsp3) is 0.867. The molecule has 6 N–H and O–H groups in total. The molecule has 3 fully saturated rings. The molecule has 2 aliphatic carbocycles. The molecule has 12 atom stereocenters. The van der Waals surface area contributed by atoms with Gasteiger partial charge in [0.05, 0.1) is 43.2 Å². The van der Waals surface area contributed by atoms with Crippen LogP contribution in [0.3, 0.4) is 0 Å². The van der Waals surface area contributed by atoms with Crippen molar-refractivity contribution in [2.24, 2.45) is 17.8 Å². The third kappa shape index (κ3) is 2.31. The van der Waals surface area contributed by atoms with E-state index in [-0.39, 0.29) is 24.0 Å². The Kier molecular flexibility index (Phi) is 4.09. The van der Waals surface area contributed by atoms with Crippen molar-refractivity contribution in [1.29, 1.82) is 0 Å². The maximum absolute atomic E-state index is 10.2. The average molecular weight is 346 g/mol. The predicted octanol–water partition coefficient (Wildman–Crippen LogP) is -3.32. The van der Waals surface area contributed by atoms with Crippen molar-refractivity contribution < 1.29 is 44.8 Å². The summed E-state index contributed by atoms with van der Waals surface area (Å²) in [6.45, 7) is -0.547. The molecular formula is C15H22O9. The average Bonchev–Trinajstić information content (AvgIpc) is 3.32. The lowest BCUT2D eigenvalue weighted by Crippen LogP contribution is -2.63. The zero-order valence-electron chi connectivity index (χ0n) is 12.7. The second-order valence-electron chi connectivity index (χ2n) is 6.95. The molecule has 1 saturated heterocycles. The number of aliphatic hydroxyl groups is 6.